The first kappa shape index (κ1) is 16.7. The Bertz CT molecular complexity index is 663. The highest BCUT2D eigenvalue weighted by molar-refractivity contribution is 5.80. The van der Waals surface area contributed by atoms with Crippen LogP contribution in [0.5, 0.6) is 0 Å². The lowest BCUT2D eigenvalue weighted by molar-refractivity contribution is 0.188. The number of unbranched alkanes of at least 4 members (excludes halogenated alkanes) is 1. The van der Waals surface area contributed by atoms with Crippen LogP contribution in [-0.2, 0) is 13.0 Å². The third-order valence-electron chi connectivity index (χ3n) is 3.94. The second kappa shape index (κ2) is 8.11. The van der Waals surface area contributed by atoms with Gasteiger partial charge in [0.1, 0.15) is 5.58 Å². The van der Waals surface area contributed by atoms with Crippen molar-refractivity contribution in [3.63, 3.8) is 0 Å². The number of fused-ring (bicyclic) bond motifs is 1. The van der Waals surface area contributed by atoms with Crippen molar-refractivity contribution in [2.75, 3.05) is 19.7 Å². The number of hydrogen-bond donors (Lipinski definition) is 1. The van der Waals surface area contributed by atoms with Gasteiger partial charge in [0.2, 0.25) is 0 Å². The number of aliphatic hydroxyl groups is 1. The van der Waals surface area contributed by atoms with E-state index < -0.39 is 0 Å². The van der Waals surface area contributed by atoms with Crippen molar-refractivity contribution in [3.8, 4) is 0 Å². The zero-order chi connectivity index (χ0) is 15.9. The van der Waals surface area contributed by atoms with Crippen molar-refractivity contribution in [3.05, 3.63) is 45.8 Å². The maximum atomic E-state index is 11.8. The van der Waals surface area contributed by atoms with Crippen molar-refractivity contribution < 1.29 is 9.52 Å². The van der Waals surface area contributed by atoms with E-state index in [2.05, 4.69) is 24.8 Å². The van der Waals surface area contributed by atoms with E-state index in [9.17, 15) is 9.90 Å². The Balaban J connectivity index is 2.34. The predicted octanol–water partition coefficient (Wildman–Crippen LogP) is 2.95. The molecule has 0 amide bonds. The molecule has 0 aliphatic rings. The Morgan fingerprint density at radius 3 is 2.68 bits per heavy atom. The van der Waals surface area contributed by atoms with Crippen LogP contribution < -0.4 is 5.63 Å². The molecule has 4 heteroatoms. The molecule has 0 unspecified atom stereocenters. The van der Waals surface area contributed by atoms with Gasteiger partial charge >= 0.3 is 5.63 Å². The summed E-state index contributed by atoms with van der Waals surface area (Å²) in [5.41, 5.74) is 2.47. The van der Waals surface area contributed by atoms with Crippen molar-refractivity contribution in [1.82, 2.24) is 4.90 Å². The summed E-state index contributed by atoms with van der Waals surface area (Å²) in [6.45, 7) is 6.56. The minimum atomic E-state index is -0.310. The second-order valence-electron chi connectivity index (χ2n) is 5.63. The van der Waals surface area contributed by atoms with Gasteiger partial charge in [0.25, 0.3) is 0 Å². The Labute approximate surface area is 131 Å². The van der Waals surface area contributed by atoms with Crippen LogP contribution in [0, 0.1) is 0 Å². The first-order chi connectivity index (χ1) is 10.7. The molecule has 22 heavy (non-hydrogen) atoms. The molecule has 1 heterocycles. The van der Waals surface area contributed by atoms with E-state index in [-0.39, 0.29) is 12.2 Å². The van der Waals surface area contributed by atoms with Gasteiger partial charge in [0, 0.05) is 24.5 Å². The summed E-state index contributed by atoms with van der Waals surface area (Å²) in [5.74, 6) is 0. The average Bonchev–Trinajstić information content (AvgIpc) is 2.51. The number of benzene rings is 1. The lowest BCUT2D eigenvalue weighted by Crippen LogP contribution is -2.28. The monoisotopic (exact) mass is 303 g/mol. The quantitative estimate of drug-likeness (QED) is 0.762. The average molecular weight is 303 g/mol. The molecule has 0 aliphatic carbocycles. The lowest BCUT2D eigenvalue weighted by atomic mass is 10.1. The highest BCUT2D eigenvalue weighted by atomic mass is 16.4. The van der Waals surface area contributed by atoms with Gasteiger partial charge in [-0.15, -0.1) is 0 Å². The summed E-state index contributed by atoms with van der Waals surface area (Å²) in [4.78, 5) is 14.0. The van der Waals surface area contributed by atoms with Crippen molar-refractivity contribution in [2.24, 2.45) is 0 Å². The van der Waals surface area contributed by atoms with Gasteiger partial charge in [-0.3, -0.25) is 4.90 Å². The molecule has 2 rings (SSSR count). The zero-order valence-corrected chi connectivity index (χ0v) is 13.5. The van der Waals surface area contributed by atoms with Crippen LogP contribution in [0.2, 0.25) is 0 Å². The van der Waals surface area contributed by atoms with E-state index in [4.69, 9.17) is 4.42 Å². The highest BCUT2D eigenvalue weighted by Crippen LogP contribution is 2.20. The van der Waals surface area contributed by atoms with Gasteiger partial charge in [-0.25, -0.2) is 4.79 Å². The molecule has 0 aliphatic heterocycles. The Morgan fingerprint density at radius 1 is 1.18 bits per heavy atom. The third-order valence-corrected chi connectivity index (χ3v) is 3.94. The molecule has 0 atom stereocenters. The molecule has 120 valence electrons. The van der Waals surface area contributed by atoms with Crippen LogP contribution >= 0.6 is 0 Å². The molecule has 0 radical (unpaired) electrons. The van der Waals surface area contributed by atoms with Crippen LogP contribution in [0.25, 0.3) is 11.0 Å². The minimum absolute atomic E-state index is 0.128. The van der Waals surface area contributed by atoms with Gasteiger partial charge in [-0.2, -0.15) is 0 Å². The number of hydrogen-bond acceptors (Lipinski definition) is 4. The predicted molar refractivity (Wildman–Crippen MR) is 89.1 cm³/mol. The molecule has 1 aromatic heterocycles. The summed E-state index contributed by atoms with van der Waals surface area (Å²) < 4.78 is 5.34. The van der Waals surface area contributed by atoms with Crippen LogP contribution in [0.4, 0.5) is 0 Å². The lowest BCUT2D eigenvalue weighted by Gasteiger charge is -2.21. The normalized spacial score (nSPS) is 11.5. The maximum Gasteiger partial charge on any atom is 0.336 e. The Kier molecular flexibility index (Phi) is 6.16. The second-order valence-corrected chi connectivity index (χ2v) is 5.63. The fourth-order valence-corrected chi connectivity index (χ4v) is 2.66. The summed E-state index contributed by atoms with van der Waals surface area (Å²) >= 11 is 0. The molecule has 0 fully saturated rings. The smallest absolute Gasteiger partial charge is 0.336 e. The molecule has 0 saturated heterocycles. The van der Waals surface area contributed by atoms with Crippen LogP contribution in [0.3, 0.4) is 0 Å². The van der Waals surface area contributed by atoms with Crippen LogP contribution in [0.1, 0.15) is 37.8 Å². The first-order valence-electron chi connectivity index (χ1n) is 8.06. The molecule has 2 aromatic rings. The van der Waals surface area contributed by atoms with Gasteiger partial charge in [-0.05, 0) is 36.6 Å². The third kappa shape index (κ3) is 4.18. The molecular formula is C18H25NO3. The summed E-state index contributed by atoms with van der Waals surface area (Å²) in [7, 11) is 0. The molecule has 0 saturated carbocycles. The standard InChI is InChI=1S/C18H25NO3/c1-3-5-8-19(9-10-20)13-15-12-18(21)22-17-11-14(4-2)6-7-16(15)17/h6-7,11-12,20H,3-5,8-10,13H2,1-2H3. The van der Waals surface area contributed by atoms with Crippen molar-refractivity contribution in [2.45, 2.75) is 39.7 Å². The molecule has 0 bridgehead atoms. The van der Waals surface area contributed by atoms with Gasteiger partial charge in [-0.1, -0.05) is 32.4 Å². The molecule has 1 N–H and O–H groups in total. The SMILES string of the molecule is CCCCN(CCO)Cc1cc(=O)oc2cc(CC)ccc12. The van der Waals surface area contributed by atoms with Crippen LogP contribution in [-0.4, -0.2) is 29.7 Å². The number of rotatable bonds is 8. The molecule has 4 nitrogen and oxygen atoms in total. The summed E-state index contributed by atoms with van der Waals surface area (Å²) in [6, 6.07) is 7.63. The summed E-state index contributed by atoms with van der Waals surface area (Å²) in [6.07, 6.45) is 3.11. The number of aliphatic hydroxyl groups excluding tert-OH is 1. The van der Waals surface area contributed by atoms with E-state index in [1.807, 2.05) is 12.1 Å². The van der Waals surface area contributed by atoms with Crippen LogP contribution in [0.15, 0.2) is 33.5 Å². The van der Waals surface area contributed by atoms with Crippen molar-refractivity contribution in [1.29, 1.82) is 0 Å². The highest BCUT2D eigenvalue weighted by Gasteiger charge is 2.11. The fraction of sp³-hybridized carbons (Fsp3) is 0.500. The molecular weight excluding hydrogens is 278 g/mol. The Morgan fingerprint density at radius 2 is 2.00 bits per heavy atom. The largest absolute Gasteiger partial charge is 0.423 e. The van der Waals surface area contributed by atoms with E-state index in [1.165, 1.54) is 0 Å². The molecule has 1 aromatic carbocycles. The van der Waals surface area contributed by atoms with Gasteiger partial charge in [0.15, 0.2) is 0 Å². The van der Waals surface area contributed by atoms with Gasteiger partial charge < -0.3 is 9.52 Å². The molecule has 0 spiro atoms. The van der Waals surface area contributed by atoms with E-state index in [1.54, 1.807) is 6.07 Å². The van der Waals surface area contributed by atoms with E-state index >= 15 is 0 Å². The number of aryl methyl sites for hydroxylation is 1. The van der Waals surface area contributed by atoms with Gasteiger partial charge in [0.05, 0.1) is 6.61 Å². The topological polar surface area (TPSA) is 53.7 Å². The van der Waals surface area contributed by atoms with Crippen molar-refractivity contribution >= 4 is 11.0 Å². The first-order valence-corrected chi connectivity index (χ1v) is 8.06. The fourth-order valence-electron chi connectivity index (χ4n) is 2.66. The summed E-state index contributed by atoms with van der Waals surface area (Å²) in [5, 5.41) is 10.2. The number of nitrogens with zero attached hydrogens (tertiary/aromatic N) is 1. The maximum absolute atomic E-state index is 11.8. The van der Waals surface area contributed by atoms with E-state index in [0.717, 1.165) is 42.3 Å². The minimum Gasteiger partial charge on any atom is -0.423 e. The van der Waals surface area contributed by atoms with E-state index in [0.29, 0.717) is 18.7 Å². The zero-order valence-electron chi connectivity index (χ0n) is 13.5. The Hall–Kier alpha value is -1.65.